The van der Waals surface area contributed by atoms with Crippen molar-refractivity contribution in [2.24, 2.45) is 11.1 Å². The monoisotopic (exact) mass is 358 g/mol. The molecule has 0 bridgehead atoms. The van der Waals surface area contributed by atoms with Crippen LogP contribution in [0.1, 0.15) is 36.2 Å². The van der Waals surface area contributed by atoms with Crippen molar-refractivity contribution in [3.8, 4) is 11.1 Å². The van der Waals surface area contributed by atoms with E-state index in [0.717, 1.165) is 6.42 Å². The van der Waals surface area contributed by atoms with Crippen molar-refractivity contribution in [1.29, 1.82) is 0 Å². The lowest BCUT2D eigenvalue weighted by Crippen LogP contribution is -2.54. The fourth-order valence-electron chi connectivity index (χ4n) is 3.53. The second-order valence-electron chi connectivity index (χ2n) is 7.76. The number of nitrogens with zero attached hydrogens (tertiary/aromatic N) is 1. The number of carbonyl (C=O) groups is 1. The first-order valence-corrected chi connectivity index (χ1v) is 8.80. The van der Waals surface area contributed by atoms with Crippen LogP contribution in [0.2, 0.25) is 0 Å². The molecular formula is C21H24F2N2O. The molecule has 1 aliphatic rings. The fourth-order valence-corrected chi connectivity index (χ4v) is 3.53. The van der Waals surface area contributed by atoms with E-state index in [1.54, 1.807) is 30.0 Å². The molecule has 1 aliphatic heterocycles. The molecule has 0 radical (unpaired) electrons. The number of benzene rings is 2. The average Bonchev–Trinajstić information content (AvgIpc) is 2.57. The first-order chi connectivity index (χ1) is 12.2. The van der Waals surface area contributed by atoms with Crippen LogP contribution in [0, 0.1) is 24.0 Å². The number of amides is 1. The van der Waals surface area contributed by atoms with Crippen LogP contribution in [0.25, 0.3) is 11.1 Å². The van der Waals surface area contributed by atoms with E-state index in [9.17, 15) is 13.6 Å². The summed E-state index contributed by atoms with van der Waals surface area (Å²) in [7, 11) is 0. The predicted molar refractivity (Wildman–Crippen MR) is 98.8 cm³/mol. The first kappa shape index (κ1) is 18.5. The molecule has 2 aromatic rings. The number of nitrogens with two attached hydrogens (primary N) is 1. The van der Waals surface area contributed by atoms with E-state index in [1.165, 1.54) is 18.2 Å². The molecule has 3 rings (SSSR count). The van der Waals surface area contributed by atoms with Crippen molar-refractivity contribution in [1.82, 2.24) is 4.90 Å². The zero-order chi connectivity index (χ0) is 19.1. The van der Waals surface area contributed by atoms with Gasteiger partial charge in [0, 0.05) is 30.3 Å². The van der Waals surface area contributed by atoms with Crippen LogP contribution in [-0.2, 0) is 0 Å². The van der Waals surface area contributed by atoms with E-state index < -0.39 is 5.82 Å². The molecule has 1 fully saturated rings. The van der Waals surface area contributed by atoms with Crippen molar-refractivity contribution in [2.75, 3.05) is 13.1 Å². The highest BCUT2D eigenvalue weighted by atomic mass is 19.1. The Morgan fingerprint density at radius 2 is 1.85 bits per heavy atom. The van der Waals surface area contributed by atoms with Gasteiger partial charge in [0.2, 0.25) is 0 Å². The summed E-state index contributed by atoms with van der Waals surface area (Å²) in [6, 6.07) is 8.76. The number of piperidine rings is 1. The summed E-state index contributed by atoms with van der Waals surface area (Å²) in [5.74, 6) is -1.03. The van der Waals surface area contributed by atoms with Gasteiger partial charge in [0.1, 0.15) is 11.6 Å². The van der Waals surface area contributed by atoms with Crippen LogP contribution < -0.4 is 5.73 Å². The highest BCUT2D eigenvalue weighted by Gasteiger charge is 2.35. The largest absolute Gasteiger partial charge is 0.338 e. The maximum absolute atomic E-state index is 14.7. The minimum atomic E-state index is -0.487. The van der Waals surface area contributed by atoms with Gasteiger partial charge in [-0.05, 0) is 54.2 Å². The van der Waals surface area contributed by atoms with Crippen molar-refractivity contribution >= 4 is 5.91 Å². The lowest BCUT2D eigenvalue weighted by molar-refractivity contribution is 0.0532. The molecule has 1 amide bonds. The maximum Gasteiger partial charge on any atom is 0.253 e. The van der Waals surface area contributed by atoms with Crippen molar-refractivity contribution in [3.05, 3.63) is 59.2 Å². The molecule has 0 spiro atoms. The lowest BCUT2D eigenvalue weighted by Gasteiger charge is -2.42. The van der Waals surface area contributed by atoms with Crippen molar-refractivity contribution in [3.63, 3.8) is 0 Å². The van der Waals surface area contributed by atoms with Gasteiger partial charge in [-0.25, -0.2) is 8.78 Å². The average molecular weight is 358 g/mol. The summed E-state index contributed by atoms with van der Waals surface area (Å²) in [5, 5.41) is 0. The Morgan fingerprint density at radius 1 is 1.15 bits per heavy atom. The minimum absolute atomic E-state index is 0.0483. The molecule has 1 heterocycles. The van der Waals surface area contributed by atoms with E-state index in [4.69, 9.17) is 5.73 Å². The van der Waals surface area contributed by atoms with Gasteiger partial charge in [-0.1, -0.05) is 26.0 Å². The van der Waals surface area contributed by atoms with E-state index in [0.29, 0.717) is 35.3 Å². The van der Waals surface area contributed by atoms with E-state index in [-0.39, 0.29) is 23.2 Å². The van der Waals surface area contributed by atoms with Crippen LogP contribution in [0.15, 0.2) is 36.4 Å². The quantitative estimate of drug-likeness (QED) is 0.877. The molecule has 1 atom stereocenters. The van der Waals surface area contributed by atoms with Gasteiger partial charge in [-0.2, -0.15) is 0 Å². The Hall–Kier alpha value is -2.27. The molecule has 2 aromatic carbocycles. The smallest absolute Gasteiger partial charge is 0.253 e. The molecule has 26 heavy (non-hydrogen) atoms. The minimum Gasteiger partial charge on any atom is -0.338 e. The highest BCUT2D eigenvalue weighted by molar-refractivity contribution is 5.95. The fraction of sp³-hybridized carbons (Fsp3) is 0.381. The van der Waals surface area contributed by atoms with Gasteiger partial charge in [0.15, 0.2) is 0 Å². The summed E-state index contributed by atoms with van der Waals surface area (Å²) < 4.78 is 28.0. The van der Waals surface area contributed by atoms with Gasteiger partial charge in [0.25, 0.3) is 5.91 Å². The third kappa shape index (κ3) is 3.49. The first-order valence-electron chi connectivity index (χ1n) is 8.80. The van der Waals surface area contributed by atoms with Gasteiger partial charge in [0.05, 0.1) is 0 Å². The van der Waals surface area contributed by atoms with E-state index in [2.05, 4.69) is 0 Å². The third-order valence-corrected chi connectivity index (χ3v) is 5.29. The van der Waals surface area contributed by atoms with Gasteiger partial charge < -0.3 is 10.6 Å². The molecule has 0 aromatic heterocycles. The molecule has 3 nitrogen and oxygen atoms in total. The van der Waals surface area contributed by atoms with Crippen LogP contribution >= 0.6 is 0 Å². The van der Waals surface area contributed by atoms with Gasteiger partial charge in [-0.3, -0.25) is 4.79 Å². The standard InChI is InChI=1S/C21H24F2N2O/c1-13-10-15(22)5-7-16(13)17-6-4-14(11-18(17)23)20(26)25-9-8-19(24)21(2,3)12-25/h4-7,10-11,19H,8-9,12,24H2,1-3H3. The Morgan fingerprint density at radius 3 is 2.46 bits per heavy atom. The zero-order valence-corrected chi connectivity index (χ0v) is 15.4. The second kappa shape index (κ2) is 6.80. The predicted octanol–water partition coefficient (Wildman–Crippen LogP) is 4.14. The Balaban J connectivity index is 1.87. The molecule has 138 valence electrons. The lowest BCUT2D eigenvalue weighted by atomic mass is 9.79. The molecular weight excluding hydrogens is 334 g/mol. The molecule has 0 aliphatic carbocycles. The summed E-state index contributed by atoms with van der Waals surface area (Å²) in [5.41, 5.74) is 7.90. The summed E-state index contributed by atoms with van der Waals surface area (Å²) in [6.45, 7) is 6.93. The third-order valence-electron chi connectivity index (χ3n) is 5.29. The van der Waals surface area contributed by atoms with Crippen molar-refractivity contribution < 1.29 is 13.6 Å². The molecule has 1 unspecified atom stereocenters. The normalized spacial score (nSPS) is 19.5. The van der Waals surface area contributed by atoms with Gasteiger partial charge in [-0.15, -0.1) is 0 Å². The number of carbonyl (C=O) groups excluding carboxylic acids is 1. The topological polar surface area (TPSA) is 46.3 Å². The molecule has 2 N–H and O–H groups in total. The number of likely N-dealkylation sites (tertiary alicyclic amines) is 1. The molecule has 5 heteroatoms. The highest BCUT2D eigenvalue weighted by Crippen LogP contribution is 2.30. The number of halogens is 2. The number of aryl methyl sites for hydroxylation is 1. The SMILES string of the molecule is Cc1cc(F)ccc1-c1ccc(C(=O)N2CCC(N)C(C)(C)C2)cc1F. The summed E-state index contributed by atoms with van der Waals surface area (Å²) >= 11 is 0. The summed E-state index contributed by atoms with van der Waals surface area (Å²) in [6.07, 6.45) is 0.730. The maximum atomic E-state index is 14.7. The van der Waals surface area contributed by atoms with Crippen LogP contribution in [0.4, 0.5) is 8.78 Å². The molecule has 1 saturated heterocycles. The Labute approximate surface area is 152 Å². The number of hydrogen-bond donors (Lipinski definition) is 1. The van der Waals surface area contributed by atoms with Crippen molar-refractivity contribution in [2.45, 2.75) is 33.2 Å². The Bertz CT molecular complexity index is 848. The summed E-state index contributed by atoms with van der Waals surface area (Å²) in [4.78, 5) is 14.5. The van der Waals surface area contributed by atoms with Crippen LogP contribution in [0.3, 0.4) is 0 Å². The number of hydrogen-bond acceptors (Lipinski definition) is 2. The van der Waals surface area contributed by atoms with E-state index in [1.807, 2.05) is 13.8 Å². The van der Waals surface area contributed by atoms with Gasteiger partial charge >= 0.3 is 0 Å². The van der Waals surface area contributed by atoms with Crippen LogP contribution in [0.5, 0.6) is 0 Å². The second-order valence-corrected chi connectivity index (χ2v) is 7.76. The number of rotatable bonds is 2. The van der Waals surface area contributed by atoms with Crippen LogP contribution in [-0.4, -0.2) is 29.9 Å². The van der Waals surface area contributed by atoms with E-state index >= 15 is 0 Å². The molecule has 0 saturated carbocycles. The Kier molecular flexibility index (Phi) is 4.84. The zero-order valence-electron chi connectivity index (χ0n) is 15.4.